The lowest BCUT2D eigenvalue weighted by Crippen LogP contribution is -2.48. The minimum atomic E-state index is -0.431. The van der Waals surface area contributed by atoms with Crippen LogP contribution in [0, 0.1) is 11.8 Å². The number of aldehydes is 1. The maximum atomic E-state index is 10.8. The minimum Gasteiger partial charge on any atom is -0.347 e. The van der Waals surface area contributed by atoms with Gasteiger partial charge in [0.2, 0.25) is 0 Å². The number of carbonyl (C=O) groups excluding carboxylic acids is 1. The van der Waals surface area contributed by atoms with E-state index in [9.17, 15) is 4.79 Å². The Morgan fingerprint density at radius 1 is 1.50 bits per heavy atom. The lowest BCUT2D eigenvalue weighted by molar-refractivity contribution is -0.300. The van der Waals surface area contributed by atoms with Crippen molar-refractivity contribution >= 4 is 6.29 Å². The summed E-state index contributed by atoms with van der Waals surface area (Å²) in [5.41, 5.74) is 0. The fourth-order valence-electron chi connectivity index (χ4n) is 2.57. The van der Waals surface area contributed by atoms with Crippen molar-refractivity contribution < 1.29 is 14.3 Å². The number of hydrogen-bond acceptors (Lipinski definition) is 3. The van der Waals surface area contributed by atoms with Gasteiger partial charge in [-0.15, -0.1) is 0 Å². The standard InChI is InChI=1S/C11H18O3/c1-7(6-12)10-8(2)9-4-5-11(3,13-9)14-10/h6-10H,4-5H2,1-3H3. The molecule has 0 spiro atoms. The van der Waals surface area contributed by atoms with Crippen LogP contribution in [0.4, 0.5) is 0 Å². The largest absolute Gasteiger partial charge is 0.347 e. The van der Waals surface area contributed by atoms with E-state index >= 15 is 0 Å². The summed E-state index contributed by atoms with van der Waals surface area (Å²) in [4.78, 5) is 10.8. The van der Waals surface area contributed by atoms with Gasteiger partial charge >= 0.3 is 0 Å². The van der Waals surface area contributed by atoms with Gasteiger partial charge in [0.1, 0.15) is 6.29 Å². The summed E-state index contributed by atoms with van der Waals surface area (Å²) < 4.78 is 11.7. The molecular formula is C11H18O3. The predicted molar refractivity (Wildman–Crippen MR) is 51.8 cm³/mol. The number of rotatable bonds is 2. The highest BCUT2D eigenvalue weighted by Crippen LogP contribution is 2.43. The first-order valence-corrected chi connectivity index (χ1v) is 5.37. The van der Waals surface area contributed by atoms with Crippen LogP contribution in [-0.2, 0) is 14.3 Å². The first-order chi connectivity index (χ1) is 6.56. The molecule has 0 aromatic carbocycles. The van der Waals surface area contributed by atoms with Gasteiger partial charge in [-0.3, -0.25) is 0 Å². The van der Waals surface area contributed by atoms with Crippen LogP contribution in [0.1, 0.15) is 33.6 Å². The lowest BCUT2D eigenvalue weighted by atomic mass is 9.89. The molecule has 80 valence electrons. The second kappa shape index (κ2) is 3.31. The van der Waals surface area contributed by atoms with Gasteiger partial charge in [0, 0.05) is 18.3 Å². The SMILES string of the molecule is CC(C=O)C1OC2(C)CCC(O2)C1C. The zero-order valence-corrected chi connectivity index (χ0v) is 9.03. The molecule has 2 bridgehead atoms. The smallest absolute Gasteiger partial charge is 0.166 e. The van der Waals surface area contributed by atoms with Crippen molar-refractivity contribution in [3.8, 4) is 0 Å². The molecule has 2 rings (SSSR count). The van der Waals surface area contributed by atoms with E-state index in [1.165, 1.54) is 0 Å². The fraction of sp³-hybridized carbons (Fsp3) is 0.909. The van der Waals surface area contributed by atoms with Gasteiger partial charge in [0.25, 0.3) is 0 Å². The molecule has 0 aromatic rings. The van der Waals surface area contributed by atoms with Crippen LogP contribution in [-0.4, -0.2) is 24.3 Å². The summed E-state index contributed by atoms with van der Waals surface area (Å²) in [6, 6.07) is 0. The van der Waals surface area contributed by atoms with Gasteiger partial charge in [-0.25, -0.2) is 0 Å². The Morgan fingerprint density at radius 3 is 2.86 bits per heavy atom. The number of hydrogen-bond donors (Lipinski definition) is 0. The van der Waals surface area contributed by atoms with Crippen molar-refractivity contribution in [3.63, 3.8) is 0 Å². The summed E-state index contributed by atoms with van der Waals surface area (Å²) in [6.45, 7) is 6.01. The molecule has 2 aliphatic rings. The average molecular weight is 198 g/mol. The topological polar surface area (TPSA) is 35.5 Å². The Balaban J connectivity index is 2.16. The highest BCUT2D eigenvalue weighted by atomic mass is 16.7. The van der Waals surface area contributed by atoms with Gasteiger partial charge in [-0.05, 0) is 13.3 Å². The zero-order valence-electron chi connectivity index (χ0n) is 9.03. The van der Waals surface area contributed by atoms with Crippen LogP contribution >= 0.6 is 0 Å². The monoisotopic (exact) mass is 198 g/mol. The normalized spacial score (nSPS) is 48.9. The van der Waals surface area contributed by atoms with Crippen molar-refractivity contribution in [2.45, 2.75) is 51.6 Å². The second-order valence-corrected chi connectivity index (χ2v) is 4.77. The van der Waals surface area contributed by atoms with Gasteiger partial charge in [0.05, 0.1) is 12.2 Å². The highest BCUT2D eigenvalue weighted by Gasteiger charge is 2.49. The van der Waals surface area contributed by atoms with Gasteiger partial charge < -0.3 is 14.3 Å². The summed E-state index contributed by atoms with van der Waals surface area (Å²) in [5, 5.41) is 0. The Morgan fingerprint density at radius 2 is 2.21 bits per heavy atom. The third-order valence-corrected chi connectivity index (χ3v) is 3.51. The second-order valence-electron chi connectivity index (χ2n) is 4.77. The summed E-state index contributed by atoms with van der Waals surface area (Å²) in [7, 11) is 0. The van der Waals surface area contributed by atoms with Crippen LogP contribution in [0.3, 0.4) is 0 Å². The van der Waals surface area contributed by atoms with E-state index in [0.29, 0.717) is 5.92 Å². The molecule has 0 N–H and O–H groups in total. The molecule has 3 nitrogen and oxygen atoms in total. The van der Waals surface area contributed by atoms with E-state index in [0.717, 1.165) is 19.1 Å². The molecule has 0 saturated carbocycles. The lowest BCUT2D eigenvalue weighted by Gasteiger charge is -2.41. The average Bonchev–Trinajstić information content (AvgIpc) is 2.50. The quantitative estimate of drug-likeness (QED) is 0.634. The summed E-state index contributed by atoms with van der Waals surface area (Å²) in [5.74, 6) is -0.140. The minimum absolute atomic E-state index is 0.0266. The van der Waals surface area contributed by atoms with Crippen LogP contribution in [0.15, 0.2) is 0 Å². The molecular weight excluding hydrogens is 180 g/mol. The Bertz CT molecular complexity index is 241. The summed E-state index contributed by atoms with van der Waals surface area (Å²) >= 11 is 0. The maximum absolute atomic E-state index is 10.8. The first kappa shape index (κ1) is 10.1. The molecule has 14 heavy (non-hydrogen) atoms. The summed E-state index contributed by atoms with van der Waals surface area (Å²) in [6.07, 6.45) is 3.29. The highest BCUT2D eigenvalue weighted by molar-refractivity contribution is 5.54. The Labute approximate surface area is 84.8 Å². The van der Waals surface area contributed by atoms with Gasteiger partial charge in [-0.2, -0.15) is 0 Å². The van der Waals surface area contributed by atoms with E-state index < -0.39 is 5.79 Å². The molecule has 0 aliphatic carbocycles. The molecule has 0 radical (unpaired) electrons. The molecule has 3 heteroatoms. The molecule has 2 saturated heterocycles. The molecule has 0 aromatic heterocycles. The van der Waals surface area contributed by atoms with E-state index in [1.807, 2.05) is 13.8 Å². The van der Waals surface area contributed by atoms with Gasteiger partial charge in [0.15, 0.2) is 5.79 Å². The van der Waals surface area contributed by atoms with E-state index in [4.69, 9.17) is 9.47 Å². The zero-order chi connectivity index (χ0) is 10.3. The molecule has 0 amide bonds. The van der Waals surface area contributed by atoms with Crippen LogP contribution in [0.25, 0.3) is 0 Å². The van der Waals surface area contributed by atoms with Crippen molar-refractivity contribution in [1.82, 2.24) is 0 Å². The maximum Gasteiger partial charge on any atom is 0.166 e. The molecule has 2 aliphatic heterocycles. The Hall–Kier alpha value is -0.410. The fourth-order valence-corrected chi connectivity index (χ4v) is 2.57. The molecule has 5 atom stereocenters. The van der Waals surface area contributed by atoms with Crippen molar-refractivity contribution in [3.05, 3.63) is 0 Å². The first-order valence-electron chi connectivity index (χ1n) is 5.37. The Kier molecular flexibility index (Phi) is 2.40. The molecule has 2 fully saturated rings. The third-order valence-electron chi connectivity index (χ3n) is 3.51. The molecule has 2 heterocycles. The third kappa shape index (κ3) is 1.48. The van der Waals surface area contributed by atoms with Crippen LogP contribution < -0.4 is 0 Å². The van der Waals surface area contributed by atoms with Crippen molar-refractivity contribution in [1.29, 1.82) is 0 Å². The van der Waals surface area contributed by atoms with Crippen molar-refractivity contribution in [2.75, 3.05) is 0 Å². The number of ether oxygens (including phenoxy) is 2. The van der Waals surface area contributed by atoms with E-state index in [-0.39, 0.29) is 18.1 Å². The van der Waals surface area contributed by atoms with Crippen LogP contribution in [0.2, 0.25) is 0 Å². The van der Waals surface area contributed by atoms with Crippen molar-refractivity contribution in [2.24, 2.45) is 11.8 Å². The van der Waals surface area contributed by atoms with E-state index in [2.05, 4.69) is 6.92 Å². The van der Waals surface area contributed by atoms with Crippen LogP contribution in [0.5, 0.6) is 0 Å². The number of fused-ring (bicyclic) bond motifs is 2. The van der Waals surface area contributed by atoms with E-state index in [1.54, 1.807) is 0 Å². The van der Waals surface area contributed by atoms with Gasteiger partial charge in [-0.1, -0.05) is 13.8 Å². The predicted octanol–water partition coefficient (Wildman–Crippen LogP) is 1.75. The number of carbonyl (C=O) groups is 1. The molecule has 5 unspecified atom stereocenters.